The van der Waals surface area contributed by atoms with Crippen molar-refractivity contribution in [3.05, 3.63) is 35.6 Å². The molecule has 0 bridgehead atoms. The van der Waals surface area contributed by atoms with Crippen LogP contribution < -0.4 is 0 Å². The highest BCUT2D eigenvalue weighted by atomic mass is 19.1. The summed E-state index contributed by atoms with van der Waals surface area (Å²) < 4.78 is 12.5. The average molecular weight is 190 g/mol. The summed E-state index contributed by atoms with van der Waals surface area (Å²) in [7, 11) is 0. The molecular formula is C12H11FO. The van der Waals surface area contributed by atoms with Crippen molar-refractivity contribution in [1.82, 2.24) is 0 Å². The Balaban J connectivity index is 2.49. The van der Waals surface area contributed by atoms with Gasteiger partial charge < -0.3 is 0 Å². The number of ketones is 1. The number of carbonyl (C=O) groups excluding carboxylic acids is 1. The minimum atomic E-state index is -0.287. The van der Waals surface area contributed by atoms with E-state index in [-0.39, 0.29) is 11.6 Å². The Bertz CT molecular complexity index is 346. The number of hydrogen-bond acceptors (Lipinski definition) is 1. The van der Waals surface area contributed by atoms with E-state index in [4.69, 9.17) is 6.42 Å². The van der Waals surface area contributed by atoms with Crippen LogP contribution in [0.1, 0.15) is 18.4 Å². The van der Waals surface area contributed by atoms with Gasteiger partial charge in [0.05, 0.1) is 0 Å². The van der Waals surface area contributed by atoms with E-state index in [1.165, 1.54) is 12.1 Å². The molecule has 0 heterocycles. The van der Waals surface area contributed by atoms with E-state index < -0.39 is 0 Å². The molecule has 0 saturated carbocycles. The second-order valence-corrected chi connectivity index (χ2v) is 3.05. The number of terminal acetylenes is 1. The number of Topliss-reactive ketones (excluding diaryl/α,β-unsaturated/α-hetero) is 1. The zero-order valence-electron chi connectivity index (χ0n) is 7.79. The van der Waals surface area contributed by atoms with E-state index in [2.05, 4.69) is 5.92 Å². The number of benzene rings is 1. The van der Waals surface area contributed by atoms with Gasteiger partial charge in [-0.15, -0.1) is 12.3 Å². The lowest BCUT2D eigenvalue weighted by molar-refractivity contribution is -0.118. The summed E-state index contributed by atoms with van der Waals surface area (Å²) in [5.74, 6) is 2.22. The molecule has 72 valence electrons. The van der Waals surface area contributed by atoms with Gasteiger partial charge in [-0.2, -0.15) is 0 Å². The van der Waals surface area contributed by atoms with Crippen LogP contribution in [-0.4, -0.2) is 5.78 Å². The van der Waals surface area contributed by atoms with Gasteiger partial charge in [0.25, 0.3) is 0 Å². The lowest BCUT2D eigenvalue weighted by Crippen LogP contribution is -2.01. The van der Waals surface area contributed by atoms with Crippen LogP contribution in [0.3, 0.4) is 0 Å². The predicted octanol–water partition coefficient (Wildman–Crippen LogP) is 2.35. The van der Waals surface area contributed by atoms with E-state index >= 15 is 0 Å². The van der Waals surface area contributed by atoms with Crippen molar-refractivity contribution in [2.75, 3.05) is 0 Å². The molecule has 2 heteroatoms. The van der Waals surface area contributed by atoms with Gasteiger partial charge in [0, 0.05) is 19.3 Å². The van der Waals surface area contributed by atoms with Crippen LogP contribution in [-0.2, 0) is 11.2 Å². The maximum Gasteiger partial charge on any atom is 0.138 e. The molecular weight excluding hydrogens is 179 g/mol. The Labute approximate surface area is 82.9 Å². The molecule has 0 spiro atoms. The smallest absolute Gasteiger partial charge is 0.138 e. The van der Waals surface area contributed by atoms with Crippen LogP contribution in [0.4, 0.5) is 4.39 Å². The first-order valence-corrected chi connectivity index (χ1v) is 4.42. The van der Waals surface area contributed by atoms with Crippen LogP contribution in [0.5, 0.6) is 0 Å². The Kier molecular flexibility index (Phi) is 3.87. The van der Waals surface area contributed by atoms with Crippen molar-refractivity contribution in [1.29, 1.82) is 0 Å². The first-order chi connectivity index (χ1) is 6.72. The average Bonchev–Trinajstić information content (AvgIpc) is 2.18. The molecule has 0 unspecified atom stereocenters. The number of carbonyl (C=O) groups is 1. The van der Waals surface area contributed by atoms with Gasteiger partial charge in [-0.3, -0.25) is 4.79 Å². The third kappa shape index (κ3) is 3.40. The van der Waals surface area contributed by atoms with Crippen molar-refractivity contribution in [3.63, 3.8) is 0 Å². The Hall–Kier alpha value is -1.62. The first-order valence-electron chi connectivity index (χ1n) is 4.42. The fourth-order valence-electron chi connectivity index (χ4n) is 1.13. The summed E-state index contributed by atoms with van der Waals surface area (Å²) in [5, 5.41) is 0. The van der Waals surface area contributed by atoms with Gasteiger partial charge in [0.15, 0.2) is 0 Å². The van der Waals surface area contributed by atoms with Crippen LogP contribution in [0, 0.1) is 18.2 Å². The lowest BCUT2D eigenvalue weighted by atomic mass is 10.1. The summed E-state index contributed by atoms with van der Waals surface area (Å²) in [4.78, 5) is 11.3. The molecule has 0 aliphatic carbocycles. The number of halogens is 1. The molecule has 0 aliphatic rings. The van der Waals surface area contributed by atoms with Gasteiger partial charge >= 0.3 is 0 Å². The largest absolute Gasteiger partial charge is 0.299 e. The van der Waals surface area contributed by atoms with Gasteiger partial charge in [-0.05, 0) is 17.7 Å². The molecule has 14 heavy (non-hydrogen) atoms. The molecule has 1 aromatic carbocycles. The van der Waals surface area contributed by atoms with E-state index in [0.29, 0.717) is 19.3 Å². The van der Waals surface area contributed by atoms with Crippen LogP contribution in [0.25, 0.3) is 0 Å². The molecule has 1 rings (SSSR count). The van der Waals surface area contributed by atoms with Crippen molar-refractivity contribution in [2.24, 2.45) is 0 Å². The predicted molar refractivity (Wildman–Crippen MR) is 53.2 cm³/mol. The van der Waals surface area contributed by atoms with Crippen LogP contribution >= 0.6 is 0 Å². The molecule has 0 fully saturated rings. The zero-order chi connectivity index (χ0) is 10.4. The highest BCUT2D eigenvalue weighted by molar-refractivity contribution is 5.81. The Morgan fingerprint density at radius 1 is 1.36 bits per heavy atom. The lowest BCUT2D eigenvalue weighted by Gasteiger charge is -1.98. The fraction of sp³-hybridized carbons (Fsp3) is 0.250. The molecule has 1 nitrogen and oxygen atoms in total. The van der Waals surface area contributed by atoms with Gasteiger partial charge in [0.1, 0.15) is 11.6 Å². The zero-order valence-corrected chi connectivity index (χ0v) is 7.79. The summed E-state index contributed by atoms with van der Waals surface area (Å²) in [6.45, 7) is 0. The van der Waals surface area contributed by atoms with Gasteiger partial charge in [0.2, 0.25) is 0 Å². The van der Waals surface area contributed by atoms with Crippen molar-refractivity contribution >= 4 is 5.78 Å². The van der Waals surface area contributed by atoms with Crippen molar-refractivity contribution < 1.29 is 9.18 Å². The number of hydrogen-bond donors (Lipinski definition) is 0. The Morgan fingerprint density at radius 2 is 2.00 bits per heavy atom. The van der Waals surface area contributed by atoms with Gasteiger partial charge in [-0.1, -0.05) is 12.1 Å². The molecule has 1 aromatic rings. The van der Waals surface area contributed by atoms with Crippen LogP contribution in [0.15, 0.2) is 24.3 Å². The second kappa shape index (κ2) is 5.18. The third-order valence-electron chi connectivity index (χ3n) is 1.86. The van der Waals surface area contributed by atoms with Crippen LogP contribution in [0.2, 0.25) is 0 Å². The second-order valence-electron chi connectivity index (χ2n) is 3.05. The molecule has 0 N–H and O–H groups in total. The van der Waals surface area contributed by atoms with E-state index in [9.17, 15) is 9.18 Å². The third-order valence-corrected chi connectivity index (χ3v) is 1.86. The van der Waals surface area contributed by atoms with E-state index in [0.717, 1.165) is 5.56 Å². The minimum Gasteiger partial charge on any atom is -0.299 e. The summed E-state index contributed by atoms with van der Waals surface area (Å²) in [6, 6.07) is 5.93. The topological polar surface area (TPSA) is 17.1 Å². The van der Waals surface area contributed by atoms with Crippen molar-refractivity contribution in [3.8, 4) is 12.3 Å². The molecule has 0 saturated heterocycles. The quantitative estimate of drug-likeness (QED) is 0.666. The normalized spacial score (nSPS) is 9.43. The monoisotopic (exact) mass is 190 g/mol. The maximum atomic E-state index is 12.5. The SMILES string of the molecule is C#CCCC(=O)Cc1ccc(F)cc1. The first kappa shape index (κ1) is 10.5. The fourth-order valence-corrected chi connectivity index (χ4v) is 1.13. The summed E-state index contributed by atoms with van der Waals surface area (Å²) >= 11 is 0. The number of rotatable bonds is 4. The molecule has 0 aliphatic heterocycles. The molecule has 0 aromatic heterocycles. The molecule has 0 atom stereocenters. The molecule has 0 radical (unpaired) electrons. The highest BCUT2D eigenvalue weighted by Gasteiger charge is 2.02. The van der Waals surface area contributed by atoms with Crippen molar-refractivity contribution in [2.45, 2.75) is 19.3 Å². The maximum absolute atomic E-state index is 12.5. The summed E-state index contributed by atoms with van der Waals surface area (Å²) in [6.07, 6.45) is 6.24. The summed E-state index contributed by atoms with van der Waals surface area (Å²) in [5.41, 5.74) is 0.827. The molecule has 0 amide bonds. The standard InChI is InChI=1S/C12H11FO/c1-2-3-4-12(14)9-10-5-7-11(13)8-6-10/h1,5-8H,3-4,9H2. The van der Waals surface area contributed by atoms with Gasteiger partial charge in [-0.25, -0.2) is 4.39 Å². The Morgan fingerprint density at radius 3 is 2.57 bits per heavy atom. The van der Waals surface area contributed by atoms with E-state index in [1.54, 1.807) is 12.1 Å². The van der Waals surface area contributed by atoms with E-state index in [1.807, 2.05) is 0 Å². The minimum absolute atomic E-state index is 0.0922. The highest BCUT2D eigenvalue weighted by Crippen LogP contribution is 2.05.